The summed E-state index contributed by atoms with van der Waals surface area (Å²) in [5, 5.41) is 22.3. The molecule has 186 valence electrons. The molecular formula is C28H22N2O7. The Morgan fingerprint density at radius 2 is 1.49 bits per heavy atom. The number of fused-ring (bicyclic) bond motifs is 3. The molecule has 2 N–H and O–H groups in total. The molecule has 4 aromatic rings. The van der Waals surface area contributed by atoms with Crippen LogP contribution in [-0.4, -0.2) is 40.0 Å². The molecule has 1 aromatic heterocycles. The van der Waals surface area contributed by atoms with Gasteiger partial charge in [-0.05, 0) is 53.4 Å². The molecule has 0 unspecified atom stereocenters. The number of carboxylic acid groups (broad SMARTS) is 2. The number of aromatic carboxylic acids is 2. The van der Waals surface area contributed by atoms with Crippen molar-refractivity contribution in [3.05, 3.63) is 107 Å². The number of hydrogen-bond acceptors (Lipinski definition) is 6. The van der Waals surface area contributed by atoms with E-state index in [1.165, 1.54) is 29.2 Å². The molecule has 1 amide bonds. The van der Waals surface area contributed by atoms with Crippen molar-refractivity contribution < 1.29 is 33.9 Å². The number of rotatable bonds is 7. The SMILES string of the molecule is Cc1onc(C(=O)O)c1CN(C(=O)OCC1c2ccccc2-c2ccccc21)c1ccc(C(=O)O)cc1. The highest BCUT2D eigenvalue weighted by Crippen LogP contribution is 2.44. The molecule has 1 aliphatic carbocycles. The van der Waals surface area contributed by atoms with Gasteiger partial charge in [0.25, 0.3) is 0 Å². The molecule has 5 rings (SSSR count). The quantitative estimate of drug-likeness (QED) is 0.349. The van der Waals surface area contributed by atoms with E-state index in [1.807, 2.05) is 48.5 Å². The lowest BCUT2D eigenvalue weighted by molar-refractivity contribution is 0.0678. The number of carbonyl (C=O) groups excluding carboxylic acids is 1. The van der Waals surface area contributed by atoms with Gasteiger partial charge in [0.1, 0.15) is 12.4 Å². The fourth-order valence-electron chi connectivity index (χ4n) is 4.62. The van der Waals surface area contributed by atoms with Crippen LogP contribution in [-0.2, 0) is 11.3 Å². The van der Waals surface area contributed by atoms with Crippen molar-refractivity contribution in [1.29, 1.82) is 0 Å². The number of benzene rings is 3. The molecule has 0 saturated heterocycles. The summed E-state index contributed by atoms with van der Waals surface area (Å²) >= 11 is 0. The Morgan fingerprint density at radius 3 is 2.05 bits per heavy atom. The predicted octanol–water partition coefficient (Wildman–Crippen LogP) is 5.34. The maximum Gasteiger partial charge on any atom is 0.414 e. The summed E-state index contributed by atoms with van der Waals surface area (Å²) in [5.41, 5.74) is 4.56. The van der Waals surface area contributed by atoms with Crippen LogP contribution in [0.1, 0.15) is 49.2 Å². The van der Waals surface area contributed by atoms with Crippen LogP contribution < -0.4 is 4.90 Å². The van der Waals surface area contributed by atoms with E-state index in [2.05, 4.69) is 5.16 Å². The van der Waals surface area contributed by atoms with Crippen LogP contribution in [0.4, 0.5) is 10.5 Å². The van der Waals surface area contributed by atoms with Gasteiger partial charge >= 0.3 is 18.0 Å². The third kappa shape index (κ3) is 4.42. The standard InChI is InChI=1S/C28H22N2O7/c1-16-23(25(27(33)34)29-37-16)14-30(18-12-10-17(11-13-18)26(31)32)28(35)36-15-24-21-8-4-2-6-19(21)20-7-3-5-9-22(20)24/h2-13,24H,14-15H2,1H3,(H,31,32)(H,33,34). The van der Waals surface area contributed by atoms with E-state index >= 15 is 0 Å². The number of ether oxygens (including phenoxy) is 1. The van der Waals surface area contributed by atoms with Crippen LogP contribution in [0.5, 0.6) is 0 Å². The number of aryl methyl sites for hydroxylation is 1. The zero-order valence-electron chi connectivity index (χ0n) is 19.7. The van der Waals surface area contributed by atoms with Gasteiger partial charge in [0.15, 0.2) is 5.69 Å². The zero-order chi connectivity index (χ0) is 26.1. The third-order valence-corrected chi connectivity index (χ3v) is 6.49. The van der Waals surface area contributed by atoms with Gasteiger partial charge in [-0.15, -0.1) is 0 Å². The number of anilines is 1. The van der Waals surface area contributed by atoms with Crippen molar-refractivity contribution in [2.24, 2.45) is 0 Å². The highest BCUT2D eigenvalue weighted by atomic mass is 16.6. The van der Waals surface area contributed by atoms with Gasteiger partial charge < -0.3 is 19.5 Å². The number of amides is 1. The lowest BCUT2D eigenvalue weighted by Crippen LogP contribution is -2.32. The van der Waals surface area contributed by atoms with E-state index in [-0.39, 0.29) is 41.7 Å². The van der Waals surface area contributed by atoms with E-state index in [9.17, 15) is 24.6 Å². The smallest absolute Gasteiger partial charge is 0.414 e. The Bertz CT molecular complexity index is 1460. The van der Waals surface area contributed by atoms with E-state index in [0.717, 1.165) is 22.3 Å². The van der Waals surface area contributed by atoms with Gasteiger partial charge in [-0.25, -0.2) is 14.4 Å². The summed E-state index contributed by atoms with van der Waals surface area (Å²) in [6.45, 7) is 1.42. The minimum Gasteiger partial charge on any atom is -0.478 e. The normalized spacial score (nSPS) is 12.0. The topological polar surface area (TPSA) is 130 Å². The van der Waals surface area contributed by atoms with Crippen LogP contribution in [0.3, 0.4) is 0 Å². The van der Waals surface area contributed by atoms with Gasteiger partial charge in [-0.2, -0.15) is 0 Å². The number of carbonyl (C=O) groups is 3. The number of carboxylic acids is 2. The first-order valence-corrected chi connectivity index (χ1v) is 11.5. The third-order valence-electron chi connectivity index (χ3n) is 6.49. The van der Waals surface area contributed by atoms with Gasteiger partial charge in [0.05, 0.1) is 12.1 Å². The Hall–Kier alpha value is -4.92. The maximum absolute atomic E-state index is 13.5. The van der Waals surface area contributed by atoms with Gasteiger partial charge in [0, 0.05) is 17.2 Å². The van der Waals surface area contributed by atoms with E-state index in [4.69, 9.17) is 9.26 Å². The van der Waals surface area contributed by atoms with Crippen molar-refractivity contribution in [3.8, 4) is 11.1 Å². The molecule has 0 spiro atoms. The predicted molar refractivity (Wildman–Crippen MR) is 133 cm³/mol. The lowest BCUT2D eigenvalue weighted by atomic mass is 9.98. The Kier molecular flexibility index (Phi) is 6.19. The second kappa shape index (κ2) is 9.62. The van der Waals surface area contributed by atoms with Crippen molar-refractivity contribution in [1.82, 2.24) is 5.16 Å². The summed E-state index contributed by atoms with van der Waals surface area (Å²) in [6.07, 6.45) is -0.720. The molecule has 0 bridgehead atoms. The minimum absolute atomic E-state index is 0.0450. The second-order valence-corrected chi connectivity index (χ2v) is 8.61. The average Bonchev–Trinajstić information content (AvgIpc) is 3.43. The summed E-state index contributed by atoms with van der Waals surface area (Å²) in [6, 6.07) is 21.6. The van der Waals surface area contributed by atoms with Crippen LogP contribution in [0.25, 0.3) is 11.1 Å². The van der Waals surface area contributed by atoms with E-state index in [0.29, 0.717) is 5.69 Å². The molecule has 0 radical (unpaired) electrons. The van der Waals surface area contributed by atoms with E-state index < -0.39 is 18.0 Å². The van der Waals surface area contributed by atoms with E-state index in [1.54, 1.807) is 6.92 Å². The Balaban J connectivity index is 1.45. The average molecular weight is 498 g/mol. The fourth-order valence-corrected chi connectivity index (χ4v) is 4.62. The highest BCUT2D eigenvalue weighted by molar-refractivity contribution is 5.92. The molecule has 9 nitrogen and oxygen atoms in total. The number of hydrogen-bond donors (Lipinski definition) is 2. The molecule has 37 heavy (non-hydrogen) atoms. The number of aromatic nitrogens is 1. The van der Waals surface area contributed by atoms with Gasteiger partial charge in [-0.3, -0.25) is 4.90 Å². The molecular weight excluding hydrogens is 476 g/mol. The van der Waals surface area contributed by atoms with Crippen LogP contribution in [0.15, 0.2) is 77.3 Å². The van der Waals surface area contributed by atoms with Gasteiger partial charge in [0.2, 0.25) is 0 Å². The first-order valence-electron chi connectivity index (χ1n) is 11.5. The van der Waals surface area contributed by atoms with Crippen LogP contribution >= 0.6 is 0 Å². The largest absolute Gasteiger partial charge is 0.478 e. The molecule has 3 aromatic carbocycles. The second-order valence-electron chi connectivity index (χ2n) is 8.61. The summed E-state index contributed by atoms with van der Waals surface area (Å²) in [7, 11) is 0. The Morgan fingerprint density at radius 1 is 0.892 bits per heavy atom. The van der Waals surface area contributed by atoms with Crippen molar-refractivity contribution in [3.63, 3.8) is 0 Å². The van der Waals surface area contributed by atoms with Crippen molar-refractivity contribution in [2.45, 2.75) is 19.4 Å². The maximum atomic E-state index is 13.5. The van der Waals surface area contributed by atoms with Crippen molar-refractivity contribution >= 4 is 23.7 Å². The molecule has 0 saturated carbocycles. The fraction of sp³-hybridized carbons (Fsp3) is 0.143. The molecule has 0 atom stereocenters. The molecule has 9 heteroatoms. The molecule has 0 fully saturated rings. The summed E-state index contributed by atoms with van der Waals surface area (Å²) < 4.78 is 10.9. The highest BCUT2D eigenvalue weighted by Gasteiger charge is 2.31. The first-order chi connectivity index (χ1) is 17.8. The van der Waals surface area contributed by atoms with Crippen LogP contribution in [0, 0.1) is 6.92 Å². The number of nitrogens with zero attached hydrogens (tertiary/aromatic N) is 2. The summed E-state index contributed by atoms with van der Waals surface area (Å²) in [4.78, 5) is 37.6. The lowest BCUT2D eigenvalue weighted by Gasteiger charge is -2.24. The van der Waals surface area contributed by atoms with Gasteiger partial charge in [-0.1, -0.05) is 53.7 Å². The van der Waals surface area contributed by atoms with Crippen molar-refractivity contribution in [2.75, 3.05) is 11.5 Å². The monoisotopic (exact) mass is 498 g/mol. The molecule has 0 aliphatic heterocycles. The summed E-state index contributed by atoms with van der Waals surface area (Å²) in [5.74, 6) is -2.32. The Labute approximate surface area is 211 Å². The minimum atomic E-state index is -1.29. The molecule has 1 heterocycles. The van der Waals surface area contributed by atoms with Crippen LogP contribution in [0.2, 0.25) is 0 Å². The molecule has 1 aliphatic rings. The zero-order valence-corrected chi connectivity index (χ0v) is 19.7. The first kappa shape index (κ1) is 23.8.